The van der Waals surface area contributed by atoms with Crippen LogP contribution in [0.3, 0.4) is 0 Å². The molecule has 0 radical (unpaired) electrons. The lowest BCUT2D eigenvalue weighted by atomic mass is 10.0. The van der Waals surface area contributed by atoms with E-state index in [4.69, 9.17) is 4.74 Å². The lowest BCUT2D eigenvalue weighted by Gasteiger charge is -2.08. The molecule has 0 saturated heterocycles. The van der Waals surface area contributed by atoms with E-state index in [-0.39, 0.29) is 5.82 Å². The van der Waals surface area contributed by atoms with Crippen LogP contribution < -0.4 is 10.1 Å². The second-order valence-corrected chi connectivity index (χ2v) is 4.58. The first-order valence-electron chi connectivity index (χ1n) is 6.74. The van der Waals surface area contributed by atoms with Gasteiger partial charge in [0.15, 0.2) is 0 Å². The Bertz CT molecular complexity index is 572. The molecular formula is C16H19FN2O. The molecule has 0 aliphatic heterocycles. The monoisotopic (exact) mass is 274 g/mol. The first kappa shape index (κ1) is 14.5. The Morgan fingerprint density at radius 1 is 1.25 bits per heavy atom. The number of nitrogens with one attached hydrogen (secondary N) is 1. The molecule has 0 atom stereocenters. The number of hydrogen-bond donors (Lipinski definition) is 1. The van der Waals surface area contributed by atoms with Gasteiger partial charge in [-0.2, -0.15) is 0 Å². The molecule has 1 aromatic carbocycles. The van der Waals surface area contributed by atoms with Crippen molar-refractivity contribution in [1.29, 1.82) is 0 Å². The summed E-state index contributed by atoms with van der Waals surface area (Å²) in [5.74, 6) is 0.254. The molecule has 0 spiro atoms. The van der Waals surface area contributed by atoms with E-state index >= 15 is 0 Å². The van der Waals surface area contributed by atoms with Crippen molar-refractivity contribution < 1.29 is 9.13 Å². The first-order chi connectivity index (χ1) is 9.74. The van der Waals surface area contributed by atoms with Gasteiger partial charge in [-0.1, -0.05) is 19.1 Å². The first-order valence-corrected chi connectivity index (χ1v) is 6.74. The molecule has 0 aliphatic rings. The largest absolute Gasteiger partial charge is 0.481 e. The number of hydrogen-bond acceptors (Lipinski definition) is 3. The lowest BCUT2D eigenvalue weighted by Crippen LogP contribution is -2.13. The van der Waals surface area contributed by atoms with Crippen molar-refractivity contribution in [3.63, 3.8) is 0 Å². The number of benzene rings is 1. The van der Waals surface area contributed by atoms with E-state index < -0.39 is 0 Å². The number of methoxy groups -OCH3 is 1. The van der Waals surface area contributed by atoms with Crippen LogP contribution in [-0.2, 0) is 6.54 Å². The smallest absolute Gasteiger partial charge is 0.213 e. The summed E-state index contributed by atoms with van der Waals surface area (Å²) in [6.07, 6.45) is 2.68. The van der Waals surface area contributed by atoms with Crippen LogP contribution in [0.1, 0.15) is 18.9 Å². The van der Waals surface area contributed by atoms with Gasteiger partial charge >= 0.3 is 0 Å². The number of nitrogens with zero attached hydrogens (tertiary/aromatic N) is 1. The normalized spacial score (nSPS) is 10.6. The fourth-order valence-electron chi connectivity index (χ4n) is 2.00. The molecule has 20 heavy (non-hydrogen) atoms. The van der Waals surface area contributed by atoms with E-state index in [2.05, 4.69) is 17.2 Å². The van der Waals surface area contributed by atoms with E-state index in [1.807, 2.05) is 6.07 Å². The molecule has 1 aromatic heterocycles. The van der Waals surface area contributed by atoms with Crippen LogP contribution in [0.25, 0.3) is 11.1 Å². The third-order valence-electron chi connectivity index (χ3n) is 3.04. The van der Waals surface area contributed by atoms with Crippen molar-refractivity contribution in [2.45, 2.75) is 19.9 Å². The molecular weight excluding hydrogens is 255 g/mol. The number of ether oxygens (including phenoxy) is 1. The van der Waals surface area contributed by atoms with Crippen molar-refractivity contribution in [2.75, 3.05) is 13.7 Å². The Morgan fingerprint density at radius 2 is 2.10 bits per heavy atom. The summed E-state index contributed by atoms with van der Waals surface area (Å²) in [6.45, 7) is 3.73. The summed E-state index contributed by atoms with van der Waals surface area (Å²) >= 11 is 0. The third-order valence-corrected chi connectivity index (χ3v) is 3.04. The van der Waals surface area contributed by atoms with Gasteiger partial charge in [0, 0.05) is 24.4 Å². The van der Waals surface area contributed by atoms with Gasteiger partial charge in [0.1, 0.15) is 5.82 Å². The molecule has 1 heterocycles. The van der Waals surface area contributed by atoms with Crippen LogP contribution in [0.5, 0.6) is 5.88 Å². The summed E-state index contributed by atoms with van der Waals surface area (Å²) in [5, 5.41) is 3.26. The molecule has 4 heteroatoms. The minimum absolute atomic E-state index is 0.228. The molecule has 2 aromatic rings. The standard InChI is InChI=1S/C16H19FN2O/c1-3-7-18-11-12-4-5-14(15(17)9-12)13-6-8-19-16(10-13)20-2/h4-6,8-10,18H,3,7,11H2,1-2H3. The van der Waals surface area contributed by atoms with Crippen LogP contribution >= 0.6 is 0 Å². The summed E-state index contributed by atoms with van der Waals surface area (Å²) < 4.78 is 19.3. The second kappa shape index (κ2) is 7.01. The van der Waals surface area contributed by atoms with E-state index in [1.54, 1.807) is 37.6 Å². The molecule has 0 saturated carbocycles. The van der Waals surface area contributed by atoms with Crippen molar-refractivity contribution in [1.82, 2.24) is 10.3 Å². The van der Waals surface area contributed by atoms with Gasteiger partial charge in [-0.15, -0.1) is 0 Å². The van der Waals surface area contributed by atoms with Crippen molar-refractivity contribution >= 4 is 0 Å². The maximum Gasteiger partial charge on any atom is 0.213 e. The average Bonchev–Trinajstić information content (AvgIpc) is 2.48. The highest BCUT2D eigenvalue weighted by atomic mass is 19.1. The highest BCUT2D eigenvalue weighted by molar-refractivity contribution is 5.65. The fraction of sp³-hybridized carbons (Fsp3) is 0.312. The zero-order valence-electron chi connectivity index (χ0n) is 11.8. The van der Waals surface area contributed by atoms with Gasteiger partial charge in [-0.05, 0) is 36.2 Å². The lowest BCUT2D eigenvalue weighted by molar-refractivity contribution is 0.398. The van der Waals surface area contributed by atoms with Crippen LogP contribution in [0.4, 0.5) is 4.39 Å². The van der Waals surface area contributed by atoms with Gasteiger partial charge in [-0.25, -0.2) is 9.37 Å². The van der Waals surface area contributed by atoms with E-state index in [9.17, 15) is 4.39 Å². The summed E-state index contributed by atoms with van der Waals surface area (Å²) in [7, 11) is 1.55. The van der Waals surface area contributed by atoms with Gasteiger partial charge in [0.05, 0.1) is 7.11 Å². The van der Waals surface area contributed by atoms with Crippen LogP contribution in [0.15, 0.2) is 36.5 Å². The number of halogens is 1. The topological polar surface area (TPSA) is 34.2 Å². The molecule has 106 valence electrons. The summed E-state index contributed by atoms with van der Waals surface area (Å²) in [4.78, 5) is 4.03. The summed E-state index contributed by atoms with van der Waals surface area (Å²) in [6, 6.07) is 8.81. The third kappa shape index (κ3) is 3.54. The van der Waals surface area contributed by atoms with E-state index in [0.29, 0.717) is 18.0 Å². The van der Waals surface area contributed by atoms with Crippen molar-refractivity contribution in [3.05, 3.63) is 47.9 Å². The van der Waals surface area contributed by atoms with Crippen LogP contribution in [-0.4, -0.2) is 18.6 Å². The summed E-state index contributed by atoms with van der Waals surface area (Å²) in [5.41, 5.74) is 2.27. The molecule has 1 N–H and O–H groups in total. The molecule has 0 bridgehead atoms. The van der Waals surface area contributed by atoms with E-state index in [1.165, 1.54) is 0 Å². The maximum atomic E-state index is 14.2. The Balaban J connectivity index is 2.20. The Labute approximate surface area is 118 Å². The van der Waals surface area contributed by atoms with E-state index in [0.717, 1.165) is 24.1 Å². The Hall–Kier alpha value is -1.94. The minimum atomic E-state index is -0.228. The van der Waals surface area contributed by atoms with Gasteiger partial charge in [-0.3, -0.25) is 0 Å². The SMILES string of the molecule is CCCNCc1ccc(-c2ccnc(OC)c2)c(F)c1. The molecule has 0 aliphatic carbocycles. The molecule has 3 nitrogen and oxygen atoms in total. The molecule has 0 fully saturated rings. The zero-order valence-corrected chi connectivity index (χ0v) is 11.8. The second-order valence-electron chi connectivity index (χ2n) is 4.58. The highest BCUT2D eigenvalue weighted by Crippen LogP contribution is 2.25. The average molecular weight is 274 g/mol. The van der Waals surface area contributed by atoms with Gasteiger partial charge in [0.25, 0.3) is 0 Å². The number of aromatic nitrogens is 1. The molecule has 2 rings (SSSR count). The zero-order chi connectivity index (χ0) is 14.4. The van der Waals surface area contributed by atoms with Crippen LogP contribution in [0, 0.1) is 5.82 Å². The Morgan fingerprint density at radius 3 is 2.80 bits per heavy atom. The number of pyridine rings is 1. The quantitative estimate of drug-likeness (QED) is 0.820. The van der Waals surface area contributed by atoms with Crippen molar-refractivity contribution in [3.8, 4) is 17.0 Å². The van der Waals surface area contributed by atoms with Crippen molar-refractivity contribution in [2.24, 2.45) is 0 Å². The molecule has 0 unspecified atom stereocenters. The molecule has 0 amide bonds. The predicted octanol–water partition coefficient (Wildman–Crippen LogP) is 3.40. The number of rotatable bonds is 6. The van der Waals surface area contributed by atoms with Crippen LogP contribution in [0.2, 0.25) is 0 Å². The fourth-order valence-corrected chi connectivity index (χ4v) is 2.00. The Kier molecular flexibility index (Phi) is 5.07. The maximum absolute atomic E-state index is 14.2. The minimum Gasteiger partial charge on any atom is -0.481 e. The predicted molar refractivity (Wildman–Crippen MR) is 78.2 cm³/mol. The highest BCUT2D eigenvalue weighted by Gasteiger charge is 2.07. The van der Waals surface area contributed by atoms with Gasteiger partial charge in [0.2, 0.25) is 5.88 Å². The van der Waals surface area contributed by atoms with Gasteiger partial charge < -0.3 is 10.1 Å².